The predicted octanol–water partition coefficient (Wildman–Crippen LogP) is 0.737. The highest BCUT2D eigenvalue weighted by Crippen LogP contribution is 2.55. The van der Waals surface area contributed by atoms with Gasteiger partial charge in [0.15, 0.2) is 0 Å². The van der Waals surface area contributed by atoms with Crippen molar-refractivity contribution in [2.75, 3.05) is 32.8 Å². The molecule has 2 N–H and O–H groups in total. The molecule has 3 aliphatic rings. The number of hydrogen-bond acceptors (Lipinski definition) is 4. The smallest absolute Gasteiger partial charge is 0.307 e. The third-order valence-corrected chi connectivity index (χ3v) is 5.06. The van der Waals surface area contributed by atoms with E-state index in [9.17, 15) is 15.0 Å². The minimum absolute atomic E-state index is 0.317. The van der Waals surface area contributed by atoms with Gasteiger partial charge < -0.3 is 14.9 Å². The SMILES string of the molecule is O=C(O)C1CC2C=CC1(CC(O)CN1CCOCC1)C2. The van der Waals surface area contributed by atoms with Crippen molar-refractivity contribution in [2.45, 2.75) is 25.4 Å². The van der Waals surface area contributed by atoms with Crippen molar-refractivity contribution in [3.05, 3.63) is 12.2 Å². The molecule has 2 bridgehead atoms. The van der Waals surface area contributed by atoms with Crippen LogP contribution in [0.25, 0.3) is 0 Å². The molecule has 0 aromatic heterocycles. The van der Waals surface area contributed by atoms with E-state index < -0.39 is 12.1 Å². The van der Waals surface area contributed by atoms with Crippen molar-refractivity contribution >= 4 is 5.97 Å². The lowest BCUT2D eigenvalue weighted by Gasteiger charge is -2.34. The van der Waals surface area contributed by atoms with Gasteiger partial charge in [0.25, 0.3) is 0 Å². The number of β-amino-alcohol motifs (C(OH)–C–C–N with tert-alkyl or cyclic N) is 1. The monoisotopic (exact) mass is 281 g/mol. The summed E-state index contributed by atoms with van der Waals surface area (Å²) in [5.74, 6) is -0.640. The molecule has 112 valence electrons. The number of carboxylic acid groups (broad SMARTS) is 1. The van der Waals surface area contributed by atoms with Crippen LogP contribution in [0.4, 0.5) is 0 Å². The fourth-order valence-electron chi connectivity index (χ4n) is 4.14. The van der Waals surface area contributed by atoms with Crippen molar-refractivity contribution in [1.29, 1.82) is 0 Å². The van der Waals surface area contributed by atoms with Crippen LogP contribution in [-0.2, 0) is 9.53 Å². The Morgan fingerprint density at radius 1 is 1.45 bits per heavy atom. The van der Waals surface area contributed by atoms with Gasteiger partial charge in [-0.1, -0.05) is 12.2 Å². The Kier molecular flexibility index (Phi) is 3.84. The first-order valence-corrected chi connectivity index (χ1v) is 7.49. The van der Waals surface area contributed by atoms with E-state index in [1.54, 1.807) is 0 Å². The van der Waals surface area contributed by atoms with Gasteiger partial charge in [0.05, 0.1) is 25.2 Å². The average Bonchev–Trinajstić information content (AvgIpc) is 2.96. The second kappa shape index (κ2) is 5.47. The van der Waals surface area contributed by atoms with Gasteiger partial charge in [-0.25, -0.2) is 0 Å². The zero-order chi connectivity index (χ0) is 14.2. The van der Waals surface area contributed by atoms with E-state index >= 15 is 0 Å². The van der Waals surface area contributed by atoms with Gasteiger partial charge >= 0.3 is 5.97 Å². The standard InChI is InChI=1S/C15H23NO4/c17-12(10-16-3-5-20-6-4-16)9-15-2-1-11(8-15)7-13(15)14(18)19/h1-2,11-13,17H,3-10H2,(H,18,19). The second-order valence-electron chi connectivity index (χ2n) is 6.45. The Balaban J connectivity index is 1.60. The molecule has 1 saturated heterocycles. The fourth-order valence-corrected chi connectivity index (χ4v) is 4.14. The predicted molar refractivity (Wildman–Crippen MR) is 73.3 cm³/mol. The molecule has 1 aliphatic heterocycles. The van der Waals surface area contributed by atoms with E-state index in [4.69, 9.17) is 4.74 Å². The number of hydrogen-bond donors (Lipinski definition) is 2. The summed E-state index contributed by atoms with van der Waals surface area (Å²) in [4.78, 5) is 13.6. The van der Waals surface area contributed by atoms with E-state index in [2.05, 4.69) is 17.1 Å². The van der Waals surface area contributed by atoms with E-state index in [0.717, 1.165) is 39.1 Å². The molecule has 0 spiro atoms. The molecule has 20 heavy (non-hydrogen) atoms. The van der Waals surface area contributed by atoms with Gasteiger partial charge in [0.2, 0.25) is 0 Å². The van der Waals surface area contributed by atoms with Crippen LogP contribution < -0.4 is 0 Å². The summed E-state index contributed by atoms with van der Waals surface area (Å²) in [5.41, 5.74) is -0.317. The summed E-state index contributed by atoms with van der Waals surface area (Å²) < 4.78 is 5.30. The summed E-state index contributed by atoms with van der Waals surface area (Å²) in [6, 6.07) is 0. The number of aliphatic hydroxyl groups excluding tert-OH is 1. The molecule has 5 heteroatoms. The fraction of sp³-hybridized carbons (Fsp3) is 0.800. The van der Waals surface area contributed by atoms with Crippen molar-refractivity contribution < 1.29 is 19.7 Å². The van der Waals surface area contributed by atoms with E-state index in [1.165, 1.54) is 0 Å². The van der Waals surface area contributed by atoms with Crippen molar-refractivity contribution in [2.24, 2.45) is 17.3 Å². The van der Waals surface area contributed by atoms with Gasteiger partial charge in [-0.05, 0) is 25.2 Å². The van der Waals surface area contributed by atoms with Gasteiger partial charge in [-0.2, -0.15) is 0 Å². The summed E-state index contributed by atoms with van der Waals surface area (Å²) in [6.45, 7) is 3.76. The zero-order valence-corrected chi connectivity index (χ0v) is 11.7. The molecular weight excluding hydrogens is 258 g/mol. The molecule has 1 heterocycles. The van der Waals surface area contributed by atoms with Crippen LogP contribution in [0.15, 0.2) is 12.2 Å². The molecule has 3 rings (SSSR count). The maximum atomic E-state index is 11.4. The highest BCUT2D eigenvalue weighted by atomic mass is 16.5. The van der Waals surface area contributed by atoms with Gasteiger partial charge in [-0.15, -0.1) is 0 Å². The van der Waals surface area contributed by atoms with Crippen LogP contribution in [0.2, 0.25) is 0 Å². The lowest BCUT2D eigenvalue weighted by molar-refractivity contribution is -0.145. The minimum Gasteiger partial charge on any atom is -0.481 e. The lowest BCUT2D eigenvalue weighted by Crippen LogP contribution is -2.43. The molecule has 0 aromatic carbocycles. The van der Waals surface area contributed by atoms with Gasteiger partial charge in [-0.3, -0.25) is 9.69 Å². The third-order valence-electron chi connectivity index (χ3n) is 5.06. The number of aliphatic carboxylic acids is 1. The third kappa shape index (κ3) is 2.62. The molecule has 0 aromatic rings. The van der Waals surface area contributed by atoms with Crippen LogP contribution >= 0.6 is 0 Å². The Morgan fingerprint density at radius 2 is 2.20 bits per heavy atom. The van der Waals surface area contributed by atoms with Crippen molar-refractivity contribution in [3.8, 4) is 0 Å². The maximum absolute atomic E-state index is 11.4. The number of allylic oxidation sites excluding steroid dienone is 2. The normalized spacial score (nSPS) is 38.2. The maximum Gasteiger partial charge on any atom is 0.307 e. The van der Waals surface area contributed by atoms with Crippen LogP contribution in [-0.4, -0.2) is 60.0 Å². The molecule has 2 fully saturated rings. The van der Waals surface area contributed by atoms with E-state index in [0.29, 0.717) is 18.9 Å². The molecule has 2 aliphatic carbocycles. The minimum atomic E-state index is -0.713. The number of carboxylic acids is 1. The number of ether oxygens (including phenoxy) is 1. The molecule has 4 atom stereocenters. The summed E-state index contributed by atoms with van der Waals surface area (Å²) in [6.07, 6.45) is 5.93. The van der Waals surface area contributed by atoms with Crippen molar-refractivity contribution in [3.63, 3.8) is 0 Å². The summed E-state index contributed by atoms with van der Waals surface area (Å²) >= 11 is 0. The van der Waals surface area contributed by atoms with Gasteiger partial charge in [0.1, 0.15) is 0 Å². The highest BCUT2D eigenvalue weighted by molar-refractivity contribution is 5.72. The molecule has 0 amide bonds. The summed E-state index contributed by atoms with van der Waals surface area (Å²) in [7, 11) is 0. The van der Waals surface area contributed by atoms with Crippen LogP contribution in [0, 0.1) is 17.3 Å². The lowest BCUT2D eigenvalue weighted by atomic mass is 9.74. The van der Waals surface area contributed by atoms with E-state index in [1.807, 2.05) is 0 Å². The van der Waals surface area contributed by atoms with Crippen LogP contribution in [0.5, 0.6) is 0 Å². The van der Waals surface area contributed by atoms with E-state index in [-0.39, 0.29) is 11.3 Å². The first kappa shape index (κ1) is 14.0. The molecule has 1 saturated carbocycles. The molecule has 0 radical (unpaired) electrons. The Morgan fingerprint density at radius 3 is 2.85 bits per heavy atom. The number of rotatable bonds is 5. The number of aliphatic hydroxyl groups is 1. The topological polar surface area (TPSA) is 70.0 Å². The largest absolute Gasteiger partial charge is 0.481 e. The van der Waals surface area contributed by atoms with Gasteiger partial charge in [0, 0.05) is 25.0 Å². The second-order valence-corrected chi connectivity index (χ2v) is 6.45. The first-order chi connectivity index (χ1) is 9.59. The molecular formula is C15H23NO4. The number of carbonyl (C=O) groups is 1. The number of nitrogens with zero attached hydrogens (tertiary/aromatic N) is 1. The first-order valence-electron chi connectivity index (χ1n) is 7.49. The van der Waals surface area contributed by atoms with Crippen LogP contribution in [0.3, 0.4) is 0 Å². The zero-order valence-electron chi connectivity index (χ0n) is 11.7. The molecule has 5 nitrogen and oxygen atoms in total. The quantitative estimate of drug-likeness (QED) is 0.727. The highest BCUT2D eigenvalue weighted by Gasteiger charge is 2.52. The van der Waals surface area contributed by atoms with Crippen molar-refractivity contribution in [1.82, 2.24) is 4.90 Å². The Bertz CT molecular complexity index is 405. The average molecular weight is 281 g/mol. The Hall–Kier alpha value is -0.910. The molecule has 4 unspecified atom stereocenters. The Labute approximate surface area is 119 Å². The number of fused-ring (bicyclic) bond motifs is 2. The number of morpholine rings is 1. The van der Waals surface area contributed by atoms with Crippen LogP contribution in [0.1, 0.15) is 19.3 Å². The summed E-state index contributed by atoms with van der Waals surface area (Å²) in [5, 5.41) is 19.8.